The van der Waals surface area contributed by atoms with Gasteiger partial charge >= 0.3 is 0 Å². The molecule has 3 rings (SSSR count). The number of carbonyl (C=O) groups excluding carboxylic acids is 2. The molecule has 2 amide bonds. The van der Waals surface area contributed by atoms with E-state index in [0.29, 0.717) is 38.2 Å². The van der Waals surface area contributed by atoms with Crippen molar-refractivity contribution in [2.45, 2.75) is 24.8 Å². The number of hydrogen-bond acceptors (Lipinski definition) is 5. The summed E-state index contributed by atoms with van der Waals surface area (Å²) in [5.41, 5.74) is -0.733. The third kappa shape index (κ3) is 3.84. The lowest BCUT2D eigenvalue weighted by Gasteiger charge is -2.41. The SMILES string of the molecule is CNC(=O)C1(Nc2ccn(C)n2)CCN(C(=O)Cc2cccs2)CC1. The van der Waals surface area contributed by atoms with Gasteiger partial charge in [0.1, 0.15) is 11.4 Å². The number of anilines is 1. The Morgan fingerprint density at radius 1 is 1.32 bits per heavy atom. The third-order valence-electron chi connectivity index (χ3n) is 4.62. The van der Waals surface area contributed by atoms with Crippen LogP contribution < -0.4 is 10.6 Å². The van der Waals surface area contributed by atoms with Gasteiger partial charge in [-0.1, -0.05) is 6.07 Å². The Kier molecular flexibility index (Phi) is 5.08. The third-order valence-corrected chi connectivity index (χ3v) is 5.49. The number of nitrogens with zero attached hydrogens (tertiary/aromatic N) is 3. The fourth-order valence-corrected chi connectivity index (χ4v) is 3.88. The molecular formula is C17H23N5O2S. The van der Waals surface area contributed by atoms with Gasteiger partial charge in [0.05, 0.1) is 6.42 Å². The number of amides is 2. The summed E-state index contributed by atoms with van der Waals surface area (Å²) in [6.07, 6.45) is 3.37. The van der Waals surface area contributed by atoms with E-state index in [4.69, 9.17) is 0 Å². The lowest BCUT2D eigenvalue weighted by Crippen LogP contribution is -2.58. The van der Waals surface area contributed by atoms with Gasteiger partial charge in [0, 0.05) is 44.3 Å². The molecule has 0 unspecified atom stereocenters. The highest BCUT2D eigenvalue weighted by atomic mass is 32.1. The van der Waals surface area contributed by atoms with Crippen molar-refractivity contribution in [1.82, 2.24) is 20.0 Å². The highest BCUT2D eigenvalue weighted by Gasteiger charge is 2.42. The highest BCUT2D eigenvalue weighted by molar-refractivity contribution is 7.10. The van der Waals surface area contributed by atoms with Crippen LogP contribution in [0.3, 0.4) is 0 Å². The molecule has 1 aliphatic rings. The average Bonchev–Trinajstić information content (AvgIpc) is 3.26. The maximum atomic E-state index is 12.5. The first-order chi connectivity index (χ1) is 12.0. The molecule has 0 bridgehead atoms. The first kappa shape index (κ1) is 17.5. The normalized spacial score (nSPS) is 16.5. The van der Waals surface area contributed by atoms with Crippen LogP contribution in [0, 0.1) is 0 Å². The van der Waals surface area contributed by atoms with E-state index in [-0.39, 0.29) is 11.8 Å². The molecule has 7 nitrogen and oxygen atoms in total. The Bertz CT molecular complexity index is 732. The largest absolute Gasteiger partial charge is 0.357 e. The van der Waals surface area contributed by atoms with Gasteiger partial charge < -0.3 is 15.5 Å². The van der Waals surface area contributed by atoms with Crippen LogP contribution in [0.4, 0.5) is 5.82 Å². The summed E-state index contributed by atoms with van der Waals surface area (Å²) < 4.78 is 1.69. The van der Waals surface area contributed by atoms with Gasteiger partial charge in [0.25, 0.3) is 0 Å². The molecule has 0 spiro atoms. The molecule has 0 radical (unpaired) electrons. The first-order valence-corrected chi connectivity index (χ1v) is 9.20. The molecule has 0 aliphatic carbocycles. The Hall–Kier alpha value is -2.35. The predicted molar refractivity (Wildman–Crippen MR) is 97.5 cm³/mol. The minimum atomic E-state index is -0.733. The number of aromatic nitrogens is 2. The van der Waals surface area contributed by atoms with Crippen molar-refractivity contribution < 1.29 is 9.59 Å². The fourth-order valence-electron chi connectivity index (χ4n) is 3.19. The molecule has 0 atom stereocenters. The van der Waals surface area contributed by atoms with Crippen LogP contribution in [-0.2, 0) is 23.1 Å². The monoisotopic (exact) mass is 361 g/mol. The van der Waals surface area contributed by atoms with Gasteiger partial charge in [-0.2, -0.15) is 5.10 Å². The Balaban J connectivity index is 1.66. The van der Waals surface area contributed by atoms with Crippen LogP contribution in [0.15, 0.2) is 29.8 Å². The Labute approximate surface area is 151 Å². The van der Waals surface area contributed by atoms with Gasteiger partial charge in [0.15, 0.2) is 0 Å². The van der Waals surface area contributed by atoms with Crippen molar-refractivity contribution in [3.63, 3.8) is 0 Å². The number of carbonyl (C=O) groups is 2. The van der Waals surface area contributed by atoms with E-state index in [1.54, 1.807) is 23.1 Å². The minimum Gasteiger partial charge on any atom is -0.357 e. The van der Waals surface area contributed by atoms with Crippen molar-refractivity contribution in [3.05, 3.63) is 34.7 Å². The van der Waals surface area contributed by atoms with Crippen LogP contribution in [0.2, 0.25) is 0 Å². The summed E-state index contributed by atoms with van der Waals surface area (Å²) in [6.45, 7) is 1.11. The summed E-state index contributed by atoms with van der Waals surface area (Å²) in [6, 6.07) is 5.78. The average molecular weight is 361 g/mol. The number of thiophene rings is 1. The molecule has 25 heavy (non-hydrogen) atoms. The number of piperidine rings is 1. The maximum absolute atomic E-state index is 12.5. The van der Waals surface area contributed by atoms with Crippen molar-refractivity contribution in [1.29, 1.82) is 0 Å². The van der Waals surface area contributed by atoms with E-state index in [0.717, 1.165) is 4.88 Å². The van der Waals surface area contributed by atoms with Crippen LogP contribution in [0.25, 0.3) is 0 Å². The summed E-state index contributed by atoms with van der Waals surface area (Å²) in [5, 5.41) is 12.3. The van der Waals surface area contributed by atoms with Crippen LogP contribution >= 0.6 is 11.3 Å². The molecule has 1 saturated heterocycles. The molecule has 3 heterocycles. The first-order valence-electron chi connectivity index (χ1n) is 8.32. The zero-order valence-corrected chi connectivity index (χ0v) is 15.3. The molecule has 2 aromatic heterocycles. The molecule has 0 aromatic carbocycles. The summed E-state index contributed by atoms with van der Waals surface area (Å²) in [4.78, 5) is 27.9. The second-order valence-corrected chi connectivity index (χ2v) is 7.33. The lowest BCUT2D eigenvalue weighted by atomic mass is 9.86. The zero-order chi connectivity index (χ0) is 17.9. The van der Waals surface area contributed by atoms with Crippen LogP contribution in [0.1, 0.15) is 17.7 Å². The van der Waals surface area contributed by atoms with E-state index in [1.807, 2.05) is 41.7 Å². The van der Waals surface area contributed by atoms with E-state index in [2.05, 4.69) is 15.7 Å². The summed E-state index contributed by atoms with van der Waals surface area (Å²) in [7, 11) is 3.47. The van der Waals surface area contributed by atoms with Crippen LogP contribution in [-0.4, -0.2) is 52.2 Å². The van der Waals surface area contributed by atoms with Crippen molar-refractivity contribution in [2.24, 2.45) is 7.05 Å². The molecule has 8 heteroatoms. The van der Waals surface area contributed by atoms with Crippen molar-refractivity contribution >= 4 is 29.0 Å². The molecular weight excluding hydrogens is 338 g/mol. The molecule has 0 saturated carbocycles. The predicted octanol–water partition coefficient (Wildman–Crippen LogP) is 1.24. The zero-order valence-electron chi connectivity index (χ0n) is 14.5. The summed E-state index contributed by atoms with van der Waals surface area (Å²) in [5.74, 6) is 0.721. The smallest absolute Gasteiger partial charge is 0.245 e. The van der Waals surface area contributed by atoms with E-state index in [1.165, 1.54) is 0 Å². The lowest BCUT2D eigenvalue weighted by molar-refractivity contribution is -0.135. The number of likely N-dealkylation sites (tertiary alicyclic amines) is 1. The van der Waals surface area contributed by atoms with E-state index >= 15 is 0 Å². The number of hydrogen-bond donors (Lipinski definition) is 2. The van der Waals surface area contributed by atoms with Gasteiger partial charge in [-0.3, -0.25) is 14.3 Å². The molecule has 1 aliphatic heterocycles. The minimum absolute atomic E-state index is 0.0662. The fraction of sp³-hybridized carbons (Fsp3) is 0.471. The van der Waals surface area contributed by atoms with Gasteiger partial charge in [-0.25, -0.2) is 0 Å². The Morgan fingerprint density at radius 3 is 2.64 bits per heavy atom. The molecule has 2 N–H and O–H groups in total. The Morgan fingerprint density at radius 2 is 2.08 bits per heavy atom. The van der Waals surface area contributed by atoms with Crippen molar-refractivity contribution in [2.75, 3.05) is 25.5 Å². The van der Waals surface area contributed by atoms with Gasteiger partial charge in [-0.15, -0.1) is 11.3 Å². The van der Waals surface area contributed by atoms with Gasteiger partial charge in [0.2, 0.25) is 11.8 Å². The van der Waals surface area contributed by atoms with E-state index < -0.39 is 5.54 Å². The topological polar surface area (TPSA) is 79.3 Å². The maximum Gasteiger partial charge on any atom is 0.245 e. The number of likely N-dealkylation sites (N-methyl/N-ethyl adjacent to an activating group) is 1. The summed E-state index contributed by atoms with van der Waals surface area (Å²) >= 11 is 1.59. The molecule has 2 aromatic rings. The standard InChI is InChI=1S/C17H23N5O2S/c1-18-16(24)17(19-14-5-8-21(2)20-14)6-9-22(10-7-17)15(23)12-13-4-3-11-25-13/h3-5,8,11H,6-7,9-10,12H2,1-2H3,(H,18,24)(H,19,20). The van der Waals surface area contributed by atoms with Crippen molar-refractivity contribution in [3.8, 4) is 0 Å². The van der Waals surface area contributed by atoms with E-state index in [9.17, 15) is 9.59 Å². The highest BCUT2D eigenvalue weighted by Crippen LogP contribution is 2.27. The molecule has 134 valence electrons. The van der Waals surface area contributed by atoms with Gasteiger partial charge in [-0.05, 0) is 24.3 Å². The number of rotatable bonds is 5. The van der Waals surface area contributed by atoms with Crippen LogP contribution in [0.5, 0.6) is 0 Å². The number of aryl methyl sites for hydroxylation is 1. The second-order valence-electron chi connectivity index (χ2n) is 6.30. The number of nitrogens with one attached hydrogen (secondary N) is 2. The quantitative estimate of drug-likeness (QED) is 0.840. The molecule has 1 fully saturated rings. The second kappa shape index (κ2) is 7.26.